The van der Waals surface area contributed by atoms with Crippen LogP contribution in [-0.2, 0) is 6.61 Å². The standard InChI is InChI=1S/C7H7F3N2O/c8-5(9)4-1-3(2-13)6(10)12-7(4)11/h1,5,13H,2H2,(H2,11,12). The smallest absolute Gasteiger partial charge is 0.267 e. The van der Waals surface area contributed by atoms with Gasteiger partial charge < -0.3 is 10.8 Å². The number of aromatic nitrogens is 1. The van der Waals surface area contributed by atoms with Gasteiger partial charge in [-0.1, -0.05) is 0 Å². The highest BCUT2D eigenvalue weighted by molar-refractivity contribution is 5.42. The lowest BCUT2D eigenvalue weighted by atomic mass is 10.2. The summed E-state index contributed by atoms with van der Waals surface area (Å²) in [5.41, 5.74) is 4.18. The molecule has 1 aromatic heterocycles. The molecular formula is C7H7F3N2O. The Hall–Kier alpha value is -1.30. The van der Waals surface area contributed by atoms with Crippen molar-refractivity contribution >= 4 is 5.82 Å². The quantitative estimate of drug-likeness (QED) is 0.693. The van der Waals surface area contributed by atoms with E-state index in [0.29, 0.717) is 0 Å². The summed E-state index contributed by atoms with van der Waals surface area (Å²) in [6.07, 6.45) is -2.82. The van der Waals surface area contributed by atoms with Crippen molar-refractivity contribution < 1.29 is 18.3 Å². The van der Waals surface area contributed by atoms with Crippen molar-refractivity contribution in [2.45, 2.75) is 13.0 Å². The summed E-state index contributed by atoms with van der Waals surface area (Å²) in [6, 6.07) is 0.808. The zero-order valence-electron chi connectivity index (χ0n) is 6.47. The summed E-state index contributed by atoms with van der Waals surface area (Å²) in [5.74, 6) is -1.57. The van der Waals surface area contributed by atoms with Crippen LogP contribution < -0.4 is 5.73 Å². The van der Waals surface area contributed by atoms with Gasteiger partial charge in [-0.25, -0.2) is 13.8 Å². The molecule has 0 spiro atoms. The van der Waals surface area contributed by atoms with E-state index in [-0.39, 0.29) is 5.56 Å². The van der Waals surface area contributed by atoms with Gasteiger partial charge in [0.2, 0.25) is 5.95 Å². The van der Waals surface area contributed by atoms with Crippen molar-refractivity contribution in [2.75, 3.05) is 5.73 Å². The van der Waals surface area contributed by atoms with Crippen LogP contribution in [0.4, 0.5) is 19.0 Å². The van der Waals surface area contributed by atoms with Gasteiger partial charge in [-0.05, 0) is 6.07 Å². The fourth-order valence-corrected chi connectivity index (χ4v) is 0.849. The third-order valence-corrected chi connectivity index (χ3v) is 1.51. The first-order valence-corrected chi connectivity index (χ1v) is 3.40. The number of nitrogens with zero attached hydrogens (tertiary/aromatic N) is 1. The molecule has 6 heteroatoms. The number of anilines is 1. The highest BCUT2D eigenvalue weighted by atomic mass is 19.3. The van der Waals surface area contributed by atoms with Crippen LogP contribution in [0.5, 0.6) is 0 Å². The van der Waals surface area contributed by atoms with Crippen LogP contribution >= 0.6 is 0 Å². The fraction of sp³-hybridized carbons (Fsp3) is 0.286. The number of hydrogen-bond acceptors (Lipinski definition) is 3. The van der Waals surface area contributed by atoms with Gasteiger partial charge in [0.15, 0.2) is 0 Å². The molecule has 0 fully saturated rings. The first-order valence-electron chi connectivity index (χ1n) is 3.40. The van der Waals surface area contributed by atoms with Crippen molar-refractivity contribution in [3.05, 3.63) is 23.1 Å². The predicted molar refractivity (Wildman–Crippen MR) is 39.5 cm³/mol. The molecular weight excluding hydrogens is 185 g/mol. The maximum Gasteiger partial charge on any atom is 0.267 e. The Morgan fingerprint density at radius 2 is 2.15 bits per heavy atom. The second-order valence-corrected chi connectivity index (χ2v) is 2.37. The highest BCUT2D eigenvalue weighted by Crippen LogP contribution is 2.25. The minimum atomic E-state index is -2.82. The lowest BCUT2D eigenvalue weighted by molar-refractivity contribution is 0.151. The van der Waals surface area contributed by atoms with Crippen LogP contribution in [0.1, 0.15) is 17.6 Å². The summed E-state index contributed by atoms with van der Waals surface area (Å²) >= 11 is 0. The summed E-state index contributed by atoms with van der Waals surface area (Å²) < 4.78 is 37.0. The van der Waals surface area contributed by atoms with Gasteiger partial charge in [-0.2, -0.15) is 4.39 Å². The third-order valence-electron chi connectivity index (χ3n) is 1.51. The molecule has 0 unspecified atom stereocenters. The fourth-order valence-electron chi connectivity index (χ4n) is 0.849. The number of hydrogen-bond donors (Lipinski definition) is 2. The molecule has 0 aliphatic heterocycles. The Kier molecular flexibility index (Phi) is 2.72. The summed E-state index contributed by atoms with van der Waals surface area (Å²) in [4.78, 5) is 3.04. The molecule has 13 heavy (non-hydrogen) atoms. The van der Waals surface area contributed by atoms with Gasteiger partial charge in [-0.3, -0.25) is 0 Å². The van der Waals surface area contributed by atoms with E-state index in [0.717, 1.165) is 6.07 Å². The van der Waals surface area contributed by atoms with Crippen LogP contribution in [-0.4, -0.2) is 10.1 Å². The van der Waals surface area contributed by atoms with Crippen molar-refractivity contribution in [3.8, 4) is 0 Å². The average Bonchev–Trinajstić information content (AvgIpc) is 2.03. The topological polar surface area (TPSA) is 59.1 Å². The molecule has 0 amide bonds. The zero-order valence-corrected chi connectivity index (χ0v) is 6.47. The van der Waals surface area contributed by atoms with E-state index in [4.69, 9.17) is 10.8 Å². The van der Waals surface area contributed by atoms with E-state index in [2.05, 4.69) is 4.98 Å². The first-order chi connectivity index (χ1) is 6.06. The van der Waals surface area contributed by atoms with Crippen molar-refractivity contribution in [2.24, 2.45) is 0 Å². The minimum absolute atomic E-state index is 0.287. The molecule has 0 aliphatic rings. The van der Waals surface area contributed by atoms with Gasteiger partial charge in [0.1, 0.15) is 5.82 Å². The maximum atomic E-state index is 12.7. The molecule has 0 aliphatic carbocycles. The molecule has 0 bridgehead atoms. The molecule has 1 aromatic rings. The average molecular weight is 192 g/mol. The van der Waals surface area contributed by atoms with Crippen molar-refractivity contribution in [3.63, 3.8) is 0 Å². The third kappa shape index (κ3) is 1.89. The Bertz CT molecular complexity index is 317. The summed E-state index contributed by atoms with van der Waals surface area (Å²) in [6.45, 7) is -0.682. The molecule has 0 atom stereocenters. The van der Waals surface area contributed by atoms with Crippen molar-refractivity contribution in [1.82, 2.24) is 4.98 Å². The Labute approximate surface area is 72.0 Å². The molecule has 1 rings (SSSR count). The largest absolute Gasteiger partial charge is 0.392 e. The number of nitrogen functional groups attached to an aromatic ring is 1. The van der Waals surface area contributed by atoms with E-state index in [1.807, 2.05) is 0 Å². The van der Waals surface area contributed by atoms with E-state index in [1.165, 1.54) is 0 Å². The second-order valence-electron chi connectivity index (χ2n) is 2.37. The number of alkyl halides is 2. The van der Waals surface area contributed by atoms with E-state index >= 15 is 0 Å². The molecule has 0 saturated heterocycles. The number of aliphatic hydroxyl groups excluding tert-OH is 1. The number of aliphatic hydroxyl groups is 1. The molecule has 0 saturated carbocycles. The second kappa shape index (κ2) is 3.61. The molecule has 3 N–H and O–H groups in total. The number of nitrogens with two attached hydrogens (primary N) is 1. The number of rotatable bonds is 2. The highest BCUT2D eigenvalue weighted by Gasteiger charge is 2.16. The van der Waals surface area contributed by atoms with Gasteiger partial charge in [-0.15, -0.1) is 0 Å². The van der Waals surface area contributed by atoms with Crippen LogP contribution in [0.25, 0.3) is 0 Å². The first kappa shape index (κ1) is 9.79. The molecule has 0 aromatic carbocycles. The Morgan fingerprint density at radius 1 is 1.54 bits per heavy atom. The number of pyridine rings is 1. The Balaban J connectivity index is 3.22. The molecule has 3 nitrogen and oxygen atoms in total. The summed E-state index contributed by atoms with van der Waals surface area (Å²) in [5, 5.41) is 8.55. The Morgan fingerprint density at radius 3 is 2.62 bits per heavy atom. The van der Waals surface area contributed by atoms with Gasteiger partial charge in [0.25, 0.3) is 6.43 Å². The van der Waals surface area contributed by atoms with E-state index in [9.17, 15) is 13.2 Å². The summed E-state index contributed by atoms with van der Waals surface area (Å²) in [7, 11) is 0. The molecule has 72 valence electrons. The lowest BCUT2D eigenvalue weighted by Gasteiger charge is -2.06. The maximum absolute atomic E-state index is 12.7. The van der Waals surface area contributed by atoms with Crippen molar-refractivity contribution in [1.29, 1.82) is 0 Å². The van der Waals surface area contributed by atoms with Gasteiger partial charge in [0.05, 0.1) is 12.2 Å². The monoisotopic (exact) mass is 192 g/mol. The zero-order chi connectivity index (χ0) is 10.0. The van der Waals surface area contributed by atoms with Gasteiger partial charge >= 0.3 is 0 Å². The predicted octanol–water partition coefficient (Wildman–Crippen LogP) is 1.23. The van der Waals surface area contributed by atoms with Crippen LogP contribution in [0, 0.1) is 5.95 Å². The van der Waals surface area contributed by atoms with Crippen LogP contribution in [0.3, 0.4) is 0 Å². The van der Waals surface area contributed by atoms with Crippen LogP contribution in [0.15, 0.2) is 6.07 Å². The molecule has 0 radical (unpaired) electrons. The van der Waals surface area contributed by atoms with E-state index in [1.54, 1.807) is 0 Å². The van der Waals surface area contributed by atoms with Crippen LogP contribution in [0.2, 0.25) is 0 Å². The SMILES string of the molecule is Nc1nc(F)c(CO)cc1C(F)F. The van der Waals surface area contributed by atoms with E-state index < -0.39 is 30.4 Å². The van der Waals surface area contributed by atoms with Gasteiger partial charge in [0, 0.05) is 5.56 Å². The number of halogens is 3. The molecule has 1 heterocycles. The lowest BCUT2D eigenvalue weighted by Crippen LogP contribution is -2.04. The minimum Gasteiger partial charge on any atom is -0.392 e. The normalized spacial score (nSPS) is 10.8.